The lowest BCUT2D eigenvalue weighted by Crippen LogP contribution is -2.74. The zero-order valence-corrected chi connectivity index (χ0v) is 9.77. The Hall–Kier alpha value is -1.63. The predicted octanol–water partition coefficient (Wildman–Crippen LogP) is -0.438. The van der Waals surface area contributed by atoms with Crippen LogP contribution in [0.1, 0.15) is 19.3 Å². The summed E-state index contributed by atoms with van der Waals surface area (Å²) in [5, 5.41) is 11.5. The van der Waals surface area contributed by atoms with E-state index in [2.05, 4.69) is 5.32 Å². The van der Waals surface area contributed by atoms with E-state index < -0.39 is 23.0 Å². The van der Waals surface area contributed by atoms with Crippen LogP contribution in [0.4, 0.5) is 4.79 Å². The van der Waals surface area contributed by atoms with Gasteiger partial charge in [-0.2, -0.15) is 0 Å². The van der Waals surface area contributed by atoms with Crippen molar-refractivity contribution in [1.29, 1.82) is 0 Å². The topological polar surface area (TPSA) is 95.9 Å². The molecule has 0 aromatic heterocycles. The van der Waals surface area contributed by atoms with Gasteiger partial charge in [0.25, 0.3) is 0 Å². The Balaban J connectivity index is 1.80. The van der Waals surface area contributed by atoms with Crippen molar-refractivity contribution < 1.29 is 24.2 Å². The average molecular weight is 254 g/mol. The lowest BCUT2D eigenvalue weighted by atomic mass is 9.55. The zero-order chi connectivity index (χ0) is 13.0. The molecular formula is C11H14N2O5. The molecule has 7 heteroatoms. The summed E-state index contributed by atoms with van der Waals surface area (Å²) in [5.74, 6) is -1.15. The van der Waals surface area contributed by atoms with Crippen LogP contribution in [-0.4, -0.2) is 53.2 Å². The number of ether oxygens (including phenoxy) is 1. The molecule has 1 aliphatic carbocycles. The molecule has 18 heavy (non-hydrogen) atoms. The second-order valence-corrected chi connectivity index (χ2v) is 5.41. The van der Waals surface area contributed by atoms with Crippen molar-refractivity contribution in [1.82, 2.24) is 10.2 Å². The molecule has 3 amide bonds. The molecule has 2 N–H and O–H groups in total. The van der Waals surface area contributed by atoms with Gasteiger partial charge in [-0.15, -0.1) is 0 Å². The lowest BCUT2D eigenvalue weighted by molar-refractivity contribution is -0.213. The van der Waals surface area contributed by atoms with E-state index in [0.29, 0.717) is 26.0 Å². The Bertz CT molecular complexity index is 441. The lowest BCUT2D eigenvalue weighted by Gasteiger charge is -2.61. The van der Waals surface area contributed by atoms with E-state index in [1.165, 1.54) is 0 Å². The highest BCUT2D eigenvalue weighted by atomic mass is 16.5. The highest BCUT2D eigenvalue weighted by Crippen LogP contribution is 2.55. The molecule has 1 saturated carbocycles. The largest absolute Gasteiger partial charge is 0.481 e. The molecular weight excluding hydrogens is 240 g/mol. The number of nitrogens with one attached hydrogen (secondary N) is 1. The number of hydrogen-bond acceptors (Lipinski definition) is 4. The van der Waals surface area contributed by atoms with Crippen LogP contribution < -0.4 is 5.32 Å². The van der Waals surface area contributed by atoms with Gasteiger partial charge in [-0.1, -0.05) is 0 Å². The highest BCUT2D eigenvalue weighted by Gasteiger charge is 2.66. The fourth-order valence-electron chi connectivity index (χ4n) is 3.35. The second-order valence-electron chi connectivity index (χ2n) is 5.41. The first-order chi connectivity index (χ1) is 8.47. The van der Waals surface area contributed by atoms with Crippen molar-refractivity contribution in [3.63, 3.8) is 0 Å². The average Bonchev–Trinajstić information content (AvgIpc) is 2.27. The number of urea groups is 1. The molecule has 98 valence electrons. The van der Waals surface area contributed by atoms with E-state index in [-0.39, 0.29) is 18.9 Å². The minimum Gasteiger partial charge on any atom is -0.481 e. The summed E-state index contributed by atoms with van der Waals surface area (Å²) >= 11 is 0. The van der Waals surface area contributed by atoms with Crippen LogP contribution >= 0.6 is 0 Å². The first-order valence-corrected chi connectivity index (χ1v) is 5.90. The van der Waals surface area contributed by atoms with E-state index in [9.17, 15) is 19.5 Å². The molecule has 0 radical (unpaired) electrons. The Morgan fingerprint density at radius 2 is 2.06 bits per heavy atom. The predicted molar refractivity (Wildman–Crippen MR) is 57.7 cm³/mol. The number of carbonyl (C=O) groups excluding carboxylic acids is 2. The molecule has 4 rings (SSSR count). The first kappa shape index (κ1) is 11.5. The fraction of sp³-hybridized carbons (Fsp3) is 0.727. The summed E-state index contributed by atoms with van der Waals surface area (Å²) < 4.78 is 5.34. The normalized spacial score (nSPS) is 39.0. The van der Waals surface area contributed by atoms with E-state index in [4.69, 9.17) is 4.74 Å². The van der Waals surface area contributed by atoms with Gasteiger partial charge in [0.15, 0.2) is 0 Å². The third-order valence-electron chi connectivity index (χ3n) is 4.16. The van der Waals surface area contributed by atoms with E-state index in [1.54, 1.807) is 4.90 Å². The molecule has 0 atom stereocenters. The molecule has 7 nitrogen and oxygen atoms in total. The van der Waals surface area contributed by atoms with Gasteiger partial charge in [0.05, 0.1) is 24.2 Å². The number of rotatable bonds is 2. The maximum absolute atomic E-state index is 11.8. The molecule has 0 spiro atoms. The Morgan fingerprint density at radius 1 is 1.33 bits per heavy atom. The van der Waals surface area contributed by atoms with Gasteiger partial charge in [0.2, 0.25) is 5.91 Å². The summed E-state index contributed by atoms with van der Waals surface area (Å²) in [6, 6.07) is -0.435. The van der Waals surface area contributed by atoms with Gasteiger partial charge < -0.3 is 14.7 Å². The summed E-state index contributed by atoms with van der Waals surface area (Å²) in [5.41, 5.74) is -1.39. The quantitative estimate of drug-likeness (QED) is 0.696. The number of carboxylic acid groups (broad SMARTS) is 1. The SMILES string of the molecule is O=C1CCN(C23COCC(C(=O)O)(C2)C3)C(=O)N1. The monoisotopic (exact) mass is 254 g/mol. The Morgan fingerprint density at radius 3 is 2.67 bits per heavy atom. The maximum Gasteiger partial charge on any atom is 0.324 e. The van der Waals surface area contributed by atoms with Crippen molar-refractivity contribution >= 4 is 17.9 Å². The minimum atomic E-state index is -0.869. The Labute approximate surface area is 103 Å². The summed E-state index contributed by atoms with van der Waals surface area (Å²) in [6.07, 6.45) is 1.08. The summed E-state index contributed by atoms with van der Waals surface area (Å²) in [4.78, 5) is 35.7. The molecule has 0 unspecified atom stereocenters. The van der Waals surface area contributed by atoms with Gasteiger partial charge in [-0.25, -0.2) is 4.79 Å². The van der Waals surface area contributed by atoms with E-state index in [0.717, 1.165) is 0 Å². The minimum absolute atomic E-state index is 0.207. The van der Waals surface area contributed by atoms with Crippen molar-refractivity contribution in [2.75, 3.05) is 19.8 Å². The second kappa shape index (κ2) is 3.44. The zero-order valence-electron chi connectivity index (χ0n) is 9.77. The van der Waals surface area contributed by atoms with E-state index >= 15 is 0 Å². The van der Waals surface area contributed by atoms with Crippen molar-refractivity contribution in [3.8, 4) is 0 Å². The third-order valence-corrected chi connectivity index (χ3v) is 4.16. The smallest absolute Gasteiger partial charge is 0.324 e. The number of nitrogens with zero attached hydrogens (tertiary/aromatic N) is 1. The van der Waals surface area contributed by atoms with Gasteiger partial charge in [-0.3, -0.25) is 14.9 Å². The van der Waals surface area contributed by atoms with Crippen molar-refractivity contribution in [2.24, 2.45) is 5.41 Å². The van der Waals surface area contributed by atoms with Crippen LogP contribution in [0.25, 0.3) is 0 Å². The fourth-order valence-corrected chi connectivity index (χ4v) is 3.35. The number of amides is 3. The van der Waals surface area contributed by atoms with Gasteiger partial charge in [0, 0.05) is 13.0 Å². The molecule has 2 bridgehead atoms. The van der Waals surface area contributed by atoms with Crippen LogP contribution in [0.15, 0.2) is 0 Å². The number of carboxylic acids is 1. The van der Waals surface area contributed by atoms with Crippen LogP contribution in [0, 0.1) is 5.41 Å². The van der Waals surface area contributed by atoms with Crippen LogP contribution in [-0.2, 0) is 14.3 Å². The third kappa shape index (κ3) is 1.37. The molecule has 3 saturated heterocycles. The van der Waals surface area contributed by atoms with Gasteiger partial charge >= 0.3 is 12.0 Å². The van der Waals surface area contributed by atoms with Crippen molar-refractivity contribution in [2.45, 2.75) is 24.8 Å². The van der Waals surface area contributed by atoms with Crippen LogP contribution in [0.2, 0.25) is 0 Å². The molecule has 0 aromatic carbocycles. The number of fused-ring (bicyclic) bond motifs is 2. The molecule has 3 heterocycles. The first-order valence-electron chi connectivity index (χ1n) is 5.90. The van der Waals surface area contributed by atoms with Crippen LogP contribution in [0.5, 0.6) is 0 Å². The van der Waals surface area contributed by atoms with E-state index in [1.807, 2.05) is 0 Å². The molecule has 0 aromatic rings. The Kier molecular flexibility index (Phi) is 2.19. The standard InChI is InChI=1S/C11H14N2O5/c14-7-1-2-13(9(17)12-7)11-3-10(4-11,8(15)16)5-18-6-11/h1-6H2,(H,15,16)(H,12,14,17). The molecule has 3 aliphatic heterocycles. The summed E-state index contributed by atoms with van der Waals surface area (Å²) in [6.45, 7) is 0.895. The van der Waals surface area contributed by atoms with Gasteiger partial charge in [0.1, 0.15) is 0 Å². The number of imide groups is 1. The van der Waals surface area contributed by atoms with Crippen LogP contribution in [0.3, 0.4) is 0 Å². The van der Waals surface area contributed by atoms with Crippen molar-refractivity contribution in [3.05, 3.63) is 0 Å². The number of carbonyl (C=O) groups is 3. The van der Waals surface area contributed by atoms with Gasteiger partial charge in [-0.05, 0) is 12.8 Å². The maximum atomic E-state index is 11.8. The highest BCUT2D eigenvalue weighted by molar-refractivity contribution is 5.97. The number of aliphatic carboxylic acids is 1. The molecule has 4 aliphatic rings. The number of hydrogen-bond donors (Lipinski definition) is 2. The summed E-state index contributed by atoms with van der Waals surface area (Å²) in [7, 11) is 0. The molecule has 4 fully saturated rings.